The predicted molar refractivity (Wildman–Crippen MR) is 83.1 cm³/mol. The molecule has 0 bridgehead atoms. The maximum Gasteiger partial charge on any atom is 0.276 e. The molecule has 1 aromatic carbocycles. The number of rotatable bonds is 6. The molecule has 2 rings (SSSR count). The molecule has 0 unspecified atom stereocenters. The molecule has 112 valence electrons. The Hall–Kier alpha value is -1.86. The van der Waals surface area contributed by atoms with Gasteiger partial charge in [-0.05, 0) is 24.0 Å². The molecule has 0 aliphatic carbocycles. The van der Waals surface area contributed by atoms with Crippen molar-refractivity contribution in [3.05, 3.63) is 41.7 Å². The van der Waals surface area contributed by atoms with Crippen molar-refractivity contribution >= 4 is 17.7 Å². The van der Waals surface area contributed by atoms with Gasteiger partial charge in [-0.2, -0.15) is 0 Å². The van der Waals surface area contributed by atoms with E-state index in [4.69, 9.17) is 5.73 Å². The molecular weight excluding hydrogens is 286 g/mol. The van der Waals surface area contributed by atoms with Crippen LogP contribution < -0.4 is 5.73 Å². The van der Waals surface area contributed by atoms with Crippen molar-refractivity contribution in [2.45, 2.75) is 18.0 Å². The highest BCUT2D eigenvalue weighted by Crippen LogP contribution is 2.16. The quantitative estimate of drug-likeness (QED) is 0.812. The van der Waals surface area contributed by atoms with E-state index < -0.39 is 0 Å². The molecule has 1 amide bonds. The van der Waals surface area contributed by atoms with E-state index in [-0.39, 0.29) is 5.91 Å². The van der Waals surface area contributed by atoms with Crippen LogP contribution in [0.5, 0.6) is 0 Å². The summed E-state index contributed by atoms with van der Waals surface area (Å²) in [7, 11) is 1.76. The fourth-order valence-electron chi connectivity index (χ4n) is 1.91. The Labute approximate surface area is 128 Å². The minimum absolute atomic E-state index is 0.146. The van der Waals surface area contributed by atoms with Crippen molar-refractivity contribution < 1.29 is 4.79 Å². The number of nitrogens with zero attached hydrogens (tertiary/aromatic N) is 4. The van der Waals surface area contributed by atoms with Gasteiger partial charge in [0.15, 0.2) is 5.69 Å². The zero-order valence-corrected chi connectivity index (χ0v) is 13.0. The first-order chi connectivity index (χ1) is 10.1. The van der Waals surface area contributed by atoms with Gasteiger partial charge in [-0.3, -0.25) is 9.48 Å². The first-order valence-corrected chi connectivity index (χ1v) is 7.85. The monoisotopic (exact) mass is 305 g/mol. The lowest BCUT2D eigenvalue weighted by Gasteiger charge is -2.15. The van der Waals surface area contributed by atoms with Crippen LogP contribution in [0.2, 0.25) is 0 Å². The molecule has 0 aliphatic rings. The van der Waals surface area contributed by atoms with Gasteiger partial charge in [0.25, 0.3) is 5.91 Å². The van der Waals surface area contributed by atoms with E-state index in [1.807, 2.05) is 18.4 Å². The molecule has 21 heavy (non-hydrogen) atoms. The van der Waals surface area contributed by atoms with Crippen molar-refractivity contribution in [2.75, 3.05) is 19.8 Å². The second kappa shape index (κ2) is 7.24. The van der Waals surface area contributed by atoms with Crippen molar-refractivity contribution in [3.63, 3.8) is 0 Å². The van der Waals surface area contributed by atoms with E-state index in [1.165, 1.54) is 4.90 Å². The van der Waals surface area contributed by atoms with Gasteiger partial charge in [0.2, 0.25) is 0 Å². The molecule has 0 spiro atoms. The number of hydrogen-bond acceptors (Lipinski definition) is 5. The van der Waals surface area contributed by atoms with Crippen LogP contribution >= 0.6 is 11.8 Å². The molecule has 2 N–H and O–H groups in total. The SMILES string of the molecule is CSc1ccc(CN(C)C(=O)c2cn(CCN)nn2)cc1. The van der Waals surface area contributed by atoms with Gasteiger partial charge in [0.05, 0.1) is 12.7 Å². The maximum atomic E-state index is 12.3. The number of hydrogen-bond donors (Lipinski definition) is 1. The smallest absolute Gasteiger partial charge is 0.276 e. The van der Waals surface area contributed by atoms with Crippen LogP contribution in [-0.4, -0.2) is 45.6 Å². The van der Waals surface area contributed by atoms with Gasteiger partial charge in [-0.1, -0.05) is 17.3 Å². The molecule has 2 aromatic rings. The number of amides is 1. The normalized spacial score (nSPS) is 10.6. The van der Waals surface area contributed by atoms with Crippen molar-refractivity contribution in [1.82, 2.24) is 19.9 Å². The Morgan fingerprint density at radius 2 is 2.10 bits per heavy atom. The van der Waals surface area contributed by atoms with E-state index in [0.29, 0.717) is 25.3 Å². The van der Waals surface area contributed by atoms with Crippen LogP contribution in [0.25, 0.3) is 0 Å². The molecule has 1 heterocycles. The van der Waals surface area contributed by atoms with Crippen LogP contribution in [0.3, 0.4) is 0 Å². The van der Waals surface area contributed by atoms with Crippen LogP contribution in [0.4, 0.5) is 0 Å². The molecule has 0 saturated carbocycles. The largest absolute Gasteiger partial charge is 0.336 e. The van der Waals surface area contributed by atoms with Crippen molar-refractivity contribution in [1.29, 1.82) is 0 Å². The standard InChI is InChI=1S/C14H19N5OS/c1-18(9-11-3-5-12(21-2)6-4-11)14(20)13-10-19(8-7-15)17-16-13/h3-6,10H,7-9,15H2,1-2H3. The van der Waals surface area contributed by atoms with Gasteiger partial charge in [-0.25, -0.2) is 0 Å². The number of carbonyl (C=O) groups excluding carboxylic acids is 1. The van der Waals surface area contributed by atoms with E-state index in [2.05, 4.69) is 22.4 Å². The van der Waals surface area contributed by atoms with Gasteiger partial charge in [-0.15, -0.1) is 16.9 Å². The summed E-state index contributed by atoms with van der Waals surface area (Å²) in [5.74, 6) is -0.146. The van der Waals surface area contributed by atoms with Crippen LogP contribution in [0.15, 0.2) is 35.4 Å². The summed E-state index contributed by atoms with van der Waals surface area (Å²) in [5, 5.41) is 7.76. The molecule has 1 aromatic heterocycles. The van der Waals surface area contributed by atoms with Crippen LogP contribution in [0.1, 0.15) is 16.1 Å². The Bertz CT molecular complexity index is 596. The fraction of sp³-hybridized carbons (Fsp3) is 0.357. The summed E-state index contributed by atoms with van der Waals surface area (Å²) in [5.41, 5.74) is 6.87. The molecule has 0 fully saturated rings. The van der Waals surface area contributed by atoms with Gasteiger partial charge in [0.1, 0.15) is 0 Å². The predicted octanol–water partition coefficient (Wildman–Crippen LogP) is 1.23. The molecule has 6 nitrogen and oxygen atoms in total. The summed E-state index contributed by atoms with van der Waals surface area (Å²) in [6, 6.07) is 8.16. The van der Waals surface area contributed by atoms with Crippen LogP contribution in [-0.2, 0) is 13.1 Å². The lowest BCUT2D eigenvalue weighted by Crippen LogP contribution is -2.26. The maximum absolute atomic E-state index is 12.3. The summed E-state index contributed by atoms with van der Waals surface area (Å²) < 4.78 is 1.58. The number of thioether (sulfide) groups is 1. The Balaban J connectivity index is 2.00. The third-order valence-electron chi connectivity index (χ3n) is 3.04. The lowest BCUT2D eigenvalue weighted by molar-refractivity contribution is 0.0779. The molecule has 7 heteroatoms. The van der Waals surface area contributed by atoms with Crippen molar-refractivity contribution in [2.24, 2.45) is 5.73 Å². The summed E-state index contributed by atoms with van der Waals surface area (Å²) >= 11 is 1.70. The third kappa shape index (κ3) is 4.05. The number of aromatic nitrogens is 3. The summed E-state index contributed by atoms with van der Waals surface area (Å²) in [6.45, 7) is 1.56. The average Bonchev–Trinajstić information content (AvgIpc) is 2.96. The van der Waals surface area contributed by atoms with E-state index in [9.17, 15) is 4.79 Å². The fourth-order valence-corrected chi connectivity index (χ4v) is 2.32. The third-order valence-corrected chi connectivity index (χ3v) is 3.79. The zero-order valence-electron chi connectivity index (χ0n) is 12.2. The minimum Gasteiger partial charge on any atom is -0.336 e. The first-order valence-electron chi connectivity index (χ1n) is 6.62. The highest BCUT2D eigenvalue weighted by atomic mass is 32.2. The molecule has 0 saturated heterocycles. The first kappa shape index (κ1) is 15.5. The number of carbonyl (C=O) groups is 1. The Morgan fingerprint density at radius 1 is 1.38 bits per heavy atom. The van der Waals surface area contributed by atoms with Crippen molar-refractivity contribution in [3.8, 4) is 0 Å². The summed E-state index contributed by atoms with van der Waals surface area (Å²) in [6.07, 6.45) is 3.66. The zero-order chi connectivity index (χ0) is 15.2. The van der Waals surface area contributed by atoms with E-state index >= 15 is 0 Å². The van der Waals surface area contributed by atoms with Crippen LogP contribution in [0, 0.1) is 0 Å². The summed E-state index contributed by atoms with van der Waals surface area (Å²) in [4.78, 5) is 15.1. The number of nitrogens with two attached hydrogens (primary N) is 1. The second-order valence-corrected chi connectivity index (χ2v) is 5.54. The second-order valence-electron chi connectivity index (χ2n) is 4.66. The highest BCUT2D eigenvalue weighted by Gasteiger charge is 2.15. The molecule has 0 atom stereocenters. The van der Waals surface area contributed by atoms with Gasteiger partial charge < -0.3 is 10.6 Å². The topological polar surface area (TPSA) is 77.0 Å². The van der Waals surface area contributed by atoms with E-state index in [1.54, 1.807) is 34.6 Å². The molecular formula is C14H19N5OS. The highest BCUT2D eigenvalue weighted by molar-refractivity contribution is 7.98. The van der Waals surface area contributed by atoms with Gasteiger partial charge in [0, 0.05) is 25.0 Å². The van der Waals surface area contributed by atoms with Gasteiger partial charge >= 0.3 is 0 Å². The number of benzene rings is 1. The average molecular weight is 305 g/mol. The Kier molecular flexibility index (Phi) is 5.35. The van der Waals surface area contributed by atoms with E-state index in [0.717, 1.165) is 5.56 Å². The lowest BCUT2D eigenvalue weighted by atomic mass is 10.2. The molecule has 0 aliphatic heterocycles. The minimum atomic E-state index is -0.146. The molecule has 0 radical (unpaired) electrons. The Morgan fingerprint density at radius 3 is 2.71 bits per heavy atom.